The van der Waals surface area contributed by atoms with Crippen LogP contribution in [0.3, 0.4) is 0 Å². The van der Waals surface area contributed by atoms with Crippen molar-refractivity contribution >= 4 is 16.2 Å². The van der Waals surface area contributed by atoms with Gasteiger partial charge < -0.3 is 10.5 Å². The van der Waals surface area contributed by atoms with E-state index >= 15 is 4.39 Å². The van der Waals surface area contributed by atoms with Gasteiger partial charge in [-0.05, 0) is 81.0 Å². The first kappa shape index (κ1) is 22.2. The van der Waals surface area contributed by atoms with Gasteiger partial charge in [0.1, 0.15) is 11.6 Å². The van der Waals surface area contributed by atoms with E-state index in [1.54, 1.807) is 13.8 Å². The molecule has 0 bridgehead atoms. The third-order valence-corrected chi connectivity index (χ3v) is 6.26. The number of hydrogen-bond acceptors (Lipinski definition) is 3. The van der Waals surface area contributed by atoms with Gasteiger partial charge in [-0.1, -0.05) is 6.07 Å². The quantitative estimate of drug-likeness (QED) is 0.611. The Bertz CT molecular complexity index is 913. The zero-order valence-corrected chi connectivity index (χ0v) is 19.7. The van der Waals surface area contributed by atoms with Crippen molar-refractivity contribution < 1.29 is 18.3 Å². The van der Waals surface area contributed by atoms with Crippen LogP contribution in [-0.2, 0) is 14.7 Å². The molecule has 0 heterocycles. The van der Waals surface area contributed by atoms with Crippen LogP contribution in [-0.4, -0.2) is 22.8 Å². The summed E-state index contributed by atoms with van der Waals surface area (Å²) >= 11 is 0. The largest absolute Gasteiger partial charge is 0.466 e. The second-order valence-electron chi connectivity index (χ2n) is 7.78. The van der Waals surface area contributed by atoms with E-state index in [0.29, 0.717) is 11.1 Å². The standard InChI is InChI=1S/C22H29F2NO2Si/c1-7-27-17(26)10-22(25,28)19-20(23)13(4)9-16(21(19)24)18-14(5)11(2)8-12(3)15(18)6/h8-9H,7,10,25H2,1-6,28H3/t22-/m0/s1. The van der Waals surface area contributed by atoms with Crippen LogP contribution in [0.4, 0.5) is 8.78 Å². The average Bonchev–Trinajstić information content (AvgIpc) is 2.57. The van der Waals surface area contributed by atoms with Gasteiger partial charge in [0.05, 0.1) is 13.0 Å². The van der Waals surface area contributed by atoms with Crippen LogP contribution in [0.15, 0.2) is 12.1 Å². The van der Waals surface area contributed by atoms with Gasteiger partial charge in [0.15, 0.2) is 0 Å². The van der Waals surface area contributed by atoms with Gasteiger partial charge in [-0.15, -0.1) is 0 Å². The Balaban J connectivity index is 2.78. The number of carbonyl (C=O) groups is 1. The highest BCUT2D eigenvalue weighted by atomic mass is 28.1. The predicted molar refractivity (Wildman–Crippen MR) is 113 cm³/mol. The van der Waals surface area contributed by atoms with E-state index in [2.05, 4.69) is 6.07 Å². The van der Waals surface area contributed by atoms with Gasteiger partial charge in [0.25, 0.3) is 0 Å². The van der Waals surface area contributed by atoms with Crippen LogP contribution in [0.1, 0.15) is 46.7 Å². The van der Waals surface area contributed by atoms with Crippen molar-refractivity contribution in [2.24, 2.45) is 5.73 Å². The number of aryl methyl sites for hydroxylation is 3. The number of carbonyl (C=O) groups excluding carboxylic acids is 1. The molecule has 2 aromatic carbocycles. The zero-order valence-electron chi connectivity index (χ0n) is 17.7. The van der Waals surface area contributed by atoms with Gasteiger partial charge in [0.2, 0.25) is 0 Å². The number of benzene rings is 2. The van der Waals surface area contributed by atoms with Crippen molar-refractivity contribution in [1.82, 2.24) is 0 Å². The van der Waals surface area contributed by atoms with E-state index in [1.165, 1.54) is 6.07 Å². The highest BCUT2D eigenvalue weighted by molar-refractivity contribution is 6.17. The Morgan fingerprint density at radius 1 is 1.04 bits per heavy atom. The molecule has 2 aromatic rings. The highest BCUT2D eigenvalue weighted by Crippen LogP contribution is 2.38. The van der Waals surface area contributed by atoms with Crippen LogP contribution >= 0.6 is 0 Å². The lowest BCUT2D eigenvalue weighted by atomic mass is 9.86. The summed E-state index contributed by atoms with van der Waals surface area (Å²) in [5.41, 5.74) is 11.4. The van der Waals surface area contributed by atoms with Gasteiger partial charge in [-0.3, -0.25) is 4.79 Å². The van der Waals surface area contributed by atoms with Crippen LogP contribution in [0.25, 0.3) is 11.1 Å². The smallest absolute Gasteiger partial charge is 0.307 e. The lowest BCUT2D eigenvalue weighted by Gasteiger charge is -2.28. The monoisotopic (exact) mass is 405 g/mol. The fourth-order valence-electron chi connectivity index (χ4n) is 3.68. The number of hydrogen-bond donors (Lipinski definition) is 1. The molecule has 0 radical (unpaired) electrons. The number of esters is 1. The first-order chi connectivity index (χ1) is 12.9. The molecular weight excluding hydrogens is 376 g/mol. The first-order valence-electron chi connectivity index (χ1n) is 9.43. The van der Waals surface area contributed by atoms with Crippen molar-refractivity contribution in [3.8, 4) is 11.1 Å². The van der Waals surface area contributed by atoms with Gasteiger partial charge >= 0.3 is 5.97 Å². The molecule has 0 amide bonds. The molecule has 2 rings (SSSR count). The highest BCUT2D eigenvalue weighted by Gasteiger charge is 2.34. The average molecular weight is 406 g/mol. The Kier molecular flexibility index (Phi) is 6.46. The maximum absolute atomic E-state index is 15.7. The maximum atomic E-state index is 15.7. The molecule has 1 atom stereocenters. The minimum atomic E-state index is -1.40. The van der Waals surface area contributed by atoms with Crippen molar-refractivity contribution in [3.63, 3.8) is 0 Å². The van der Waals surface area contributed by atoms with Crippen LogP contribution in [0.5, 0.6) is 0 Å². The zero-order chi connectivity index (χ0) is 21.4. The summed E-state index contributed by atoms with van der Waals surface area (Å²) < 4.78 is 35.7. The molecule has 3 nitrogen and oxygen atoms in total. The minimum Gasteiger partial charge on any atom is -0.466 e. The summed E-state index contributed by atoms with van der Waals surface area (Å²) in [6.45, 7) is 11.3. The summed E-state index contributed by atoms with van der Waals surface area (Å²) in [6, 6.07) is 3.59. The first-order valence-corrected chi connectivity index (χ1v) is 10.4. The summed E-state index contributed by atoms with van der Waals surface area (Å²) in [7, 11) is 0.186. The molecule has 0 aliphatic heterocycles. The van der Waals surface area contributed by atoms with Crippen LogP contribution < -0.4 is 5.73 Å². The molecule has 152 valence electrons. The Morgan fingerprint density at radius 2 is 1.57 bits per heavy atom. The second kappa shape index (κ2) is 8.13. The SMILES string of the molecule is CCOC(=O)C[C@](N)([SiH3])c1c(F)c(C)cc(-c2c(C)c(C)cc(C)c2C)c1F. The minimum absolute atomic E-state index is 0.186. The Morgan fingerprint density at radius 3 is 2.07 bits per heavy atom. The molecule has 0 aliphatic carbocycles. The molecule has 0 unspecified atom stereocenters. The van der Waals surface area contributed by atoms with Gasteiger partial charge in [-0.25, -0.2) is 8.78 Å². The summed E-state index contributed by atoms with van der Waals surface area (Å²) in [5, 5.41) is -1.40. The summed E-state index contributed by atoms with van der Waals surface area (Å²) in [4.78, 5) is 12.0. The maximum Gasteiger partial charge on any atom is 0.307 e. The van der Waals surface area contributed by atoms with Crippen LogP contribution in [0, 0.1) is 46.3 Å². The number of halogens is 2. The topological polar surface area (TPSA) is 52.3 Å². The summed E-state index contributed by atoms with van der Waals surface area (Å²) in [6.07, 6.45) is -0.255. The Hall–Kier alpha value is -2.05. The van der Waals surface area contributed by atoms with E-state index in [0.717, 1.165) is 27.8 Å². The number of rotatable bonds is 5. The van der Waals surface area contributed by atoms with E-state index in [9.17, 15) is 9.18 Å². The molecule has 0 aliphatic rings. The third-order valence-electron chi connectivity index (χ3n) is 5.41. The molecule has 2 N–H and O–H groups in total. The summed E-state index contributed by atoms with van der Waals surface area (Å²) in [5.74, 6) is -1.94. The number of nitrogens with two attached hydrogens (primary N) is 1. The van der Waals surface area contributed by atoms with E-state index < -0.39 is 22.8 Å². The third kappa shape index (κ3) is 4.03. The van der Waals surface area contributed by atoms with Gasteiger partial charge in [-0.2, -0.15) is 0 Å². The fraction of sp³-hybridized carbons (Fsp3) is 0.409. The second-order valence-corrected chi connectivity index (χ2v) is 9.56. The van der Waals surface area contributed by atoms with Crippen molar-refractivity contribution in [2.45, 2.75) is 53.1 Å². The van der Waals surface area contributed by atoms with E-state index in [-0.39, 0.29) is 28.8 Å². The van der Waals surface area contributed by atoms with E-state index in [1.807, 2.05) is 27.7 Å². The van der Waals surface area contributed by atoms with Crippen molar-refractivity contribution in [1.29, 1.82) is 0 Å². The molecule has 0 fully saturated rings. The predicted octanol–water partition coefficient (Wildman–Crippen LogP) is 3.60. The molecule has 6 heteroatoms. The van der Waals surface area contributed by atoms with Crippen molar-refractivity contribution in [3.05, 3.63) is 57.1 Å². The lowest BCUT2D eigenvalue weighted by molar-refractivity contribution is -0.143. The van der Waals surface area contributed by atoms with Gasteiger partial charge in [0, 0.05) is 26.5 Å². The van der Waals surface area contributed by atoms with Crippen molar-refractivity contribution in [2.75, 3.05) is 6.61 Å². The molecular formula is C22H29F2NO2Si. The molecule has 0 aromatic heterocycles. The Labute approximate surface area is 168 Å². The molecule has 0 saturated heterocycles. The number of ether oxygens (including phenoxy) is 1. The lowest BCUT2D eigenvalue weighted by Crippen LogP contribution is -2.42. The fourth-order valence-corrected chi connectivity index (χ4v) is 4.40. The molecule has 0 saturated carbocycles. The van der Waals surface area contributed by atoms with Crippen LogP contribution in [0.2, 0.25) is 0 Å². The molecule has 28 heavy (non-hydrogen) atoms. The normalized spacial score (nSPS) is 13.5. The molecule has 0 spiro atoms. The van der Waals surface area contributed by atoms with E-state index in [4.69, 9.17) is 10.5 Å².